The number of aromatic carboxylic acids is 1. The first-order valence-corrected chi connectivity index (χ1v) is 6.85. The third kappa shape index (κ3) is 3.04. The fraction of sp³-hybridized carbons (Fsp3) is 0.667. The lowest BCUT2D eigenvalue weighted by Gasteiger charge is -2.21. The maximum absolute atomic E-state index is 11.0. The van der Waals surface area contributed by atoms with Crippen molar-refractivity contribution >= 4 is 17.3 Å². The molecule has 0 bridgehead atoms. The average molecular weight is 255 g/mol. The Labute approximate surface area is 105 Å². The second-order valence-corrected chi connectivity index (χ2v) is 5.32. The molecule has 1 fully saturated rings. The molecule has 1 atom stereocenters. The molecule has 0 aliphatic carbocycles. The van der Waals surface area contributed by atoms with Crippen LogP contribution in [0, 0.1) is 0 Å². The van der Waals surface area contributed by atoms with Crippen molar-refractivity contribution in [3.63, 3.8) is 0 Å². The van der Waals surface area contributed by atoms with Gasteiger partial charge >= 0.3 is 5.97 Å². The lowest BCUT2D eigenvalue weighted by Crippen LogP contribution is -2.21. The quantitative estimate of drug-likeness (QED) is 0.898. The van der Waals surface area contributed by atoms with Gasteiger partial charge in [0.15, 0.2) is 0 Å². The number of rotatable bonds is 4. The van der Waals surface area contributed by atoms with Gasteiger partial charge in [-0.05, 0) is 25.7 Å². The normalized spacial score (nSPS) is 20.4. The van der Waals surface area contributed by atoms with Crippen LogP contribution in [0.3, 0.4) is 0 Å². The van der Waals surface area contributed by atoms with E-state index in [1.165, 1.54) is 17.8 Å². The fourth-order valence-corrected chi connectivity index (χ4v) is 3.11. The summed E-state index contributed by atoms with van der Waals surface area (Å²) in [4.78, 5) is 15.8. The highest BCUT2D eigenvalue weighted by Gasteiger charge is 2.20. The number of thiazole rings is 1. The van der Waals surface area contributed by atoms with Crippen LogP contribution in [0.15, 0.2) is 0 Å². The number of carboxylic acid groups (broad SMARTS) is 1. The van der Waals surface area contributed by atoms with E-state index in [0.29, 0.717) is 17.0 Å². The van der Waals surface area contributed by atoms with E-state index in [1.807, 2.05) is 6.92 Å². The molecule has 1 aliphatic rings. The maximum Gasteiger partial charge on any atom is 0.347 e. The minimum Gasteiger partial charge on any atom is -0.477 e. The number of aryl methyl sites for hydroxylation is 1. The van der Waals surface area contributed by atoms with Crippen molar-refractivity contribution in [2.24, 2.45) is 0 Å². The molecule has 1 saturated heterocycles. The number of carboxylic acids is 1. The van der Waals surface area contributed by atoms with E-state index in [0.717, 1.165) is 30.9 Å². The standard InChI is InChI=1S/C12H17NO3S/c1-2-9-11(12(14)15)17-10(13-9)7-8-5-3-4-6-16-8/h8H,2-7H2,1H3,(H,14,15). The SMILES string of the molecule is CCc1nc(CC2CCCCO2)sc1C(=O)O. The fourth-order valence-electron chi connectivity index (χ4n) is 2.06. The van der Waals surface area contributed by atoms with Crippen molar-refractivity contribution in [2.45, 2.75) is 45.1 Å². The van der Waals surface area contributed by atoms with Gasteiger partial charge in [0, 0.05) is 13.0 Å². The Kier molecular flexibility index (Phi) is 4.12. The zero-order valence-electron chi connectivity index (χ0n) is 9.94. The first-order valence-electron chi connectivity index (χ1n) is 6.04. The molecule has 94 valence electrons. The monoisotopic (exact) mass is 255 g/mol. The molecular weight excluding hydrogens is 238 g/mol. The Morgan fingerprint density at radius 2 is 2.41 bits per heavy atom. The topological polar surface area (TPSA) is 59.4 Å². The summed E-state index contributed by atoms with van der Waals surface area (Å²) in [6, 6.07) is 0. The smallest absolute Gasteiger partial charge is 0.347 e. The summed E-state index contributed by atoms with van der Waals surface area (Å²) in [6.45, 7) is 2.75. The Balaban J connectivity index is 2.07. The van der Waals surface area contributed by atoms with Gasteiger partial charge < -0.3 is 9.84 Å². The molecule has 2 heterocycles. The van der Waals surface area contributed by atoms with Crippen molar-refractivity contribution in [1.82, 2.24) is 4.98 Å². The molecule has 5 heteroatoms. The van der Waals surface area contributed by atoms with Gasteiger partial charge in [-0.3, -0.25) is 0 Å². The molecule has 0 aromatic carbocycles. The predicted octanol–water partition coefficient (Wildman–Crippen LogP) is 2.52. The minimum atomic E-state index is -0.866. The number of aromatic nitrogens is 1. The number of ether oxygens (including phenoxy) is 1. The second kappa shape index (κ2) is 5.60. The predicted molar refractivity (Wildman–Crippen MR) is 65.7 cm³/mol. The third-order valence-corrected chi connectivity index (χ3v) is 4.05. The van der Waals surface area contributed by atoms with Gasteiger partial charge in [-0.2, -0.15) is 0 Å². The van der Waals surface area contributed by atoms with Crippen LogP contribution in [0.4, 0.5) is 0 Å². The minimum absolute atomic E-state index is 0.223. The van der Waals surface area contributed by atoms with Gasteiger partial charge in [0.1, 0.15) is 4.88 Å². The second-order valence-electron chi connectivity index (χ2n) is 4.23. The zero-order valence-corrected chi connectivity index (χ0v) is 10.8. The lowest BCUT2D eigenvalue weighted by molar-refractivity contribution is 0.0167. The van der Waals surface area contributed by atoms with Crippen molar-refractivity contribution in [2.75, 3.05) is 6.61 Å². The van der Waals surface area contributed by atoms with E-state index in [4.69, 9.17) is 9.84 Å². The molecule has 4 nitrogen and oxygen atoms in total. The van der Waals surface area contributed by atoms with Crippen molar-refractivity contribution in [1.29, 1.82) is 0 Å². The third-order valence-electron chi connectivity index (χ3n) is 2.95. The molecule has 1 aromatic rings. The molecule has 1 aliphatic heterocycles. The van der Waals surface area contributed by atoms with E-state index >= 15 is 0 Å². The highest BCUT2D eigenvalue weighted by Crippen LogP contribution is 2.23. The molecule has 0 radical (unpaired) electrons. The van der Waals surface area contributed by atoms with Gasteiger partial charge in [0.2, 0.25) is 0 Å². The number of hydrogen-bond donors (Lipinski definition) is 1. The molecule has 1 unspecified atom stereocenters. The summed E-state index contributed by atoms with van der Waals surface area (Å²) in [7, 11) is 0. The van der Waals surface area contributed by atoms with Crippen LogP contribution in [0.25, 0.3) is 0 Å². The largest absolute Gasteiger partial charge is 0.477 e. The first kappa shape index (κ1) is 12.5. The van der Waals surface area contributed by atoms with Gasteiger partial charge in [0.25, 0.3) is 0 Å². The first-order chi connectivity index (χ1) is 8.20. The van der Waals surface area contributed by atoms with Gasteiger partial charge in [-0.15, -0.1) is 11.3 Å². The van der Waals surface area contributed by atoms with Crippen LogP contribution >= 0.6 is 11.3 Å². The molecule has 0 spiro atoms. The zero-order chi connectivity index (χ0) is 12.3. The molecule has 17 heavy (non-hydrogen) atoms. The molecule has 0 saturated carbocycles. The molecular formula is C12H17NO3S. The van der Waals surface area contributed by atoms with Crippen LogP contribution in [-0.4, -0.2) is 28.8 Å². The summed E-state index contributed by atoms with van der Waals surface area (Å²) in [5.41, 5.74) is 0.702. The molecule has 1 N–H and O–H groups in total. The highest BCUT2D eigenvalue weighted by atomic mass is 32.1. The number of carbonyl (C=O) groups is 1. The van der Waals surface area contributed by atoms with Gasteiger partial charge in [-0.1, -0.05) is 6.92 Å². The summed E-state index contributed by atoms with van der Waals surface area (Å²) in [5.74, 6) is -0.866. The van der Waals surface area contributed by atoms with Gasteiger partial charge in [0.05, 0.1) is 16.8 Å². The van der Waals surface area contributed by atoms with Crippen molar-refractivity contribution in [3.05, 3.63) is 15.6 Å². The molecule has 1 aromatic heterocycles. The van der Waals surface area contributed by atoms with Crippen LogP contribution < -0.4 is 0 Å². The van der Waals surface area contributed by atoms with E-state index in [9.17, 15) is 4.79 Å². The Bertz CT molecular complexity index is 396. The van der Waals surface area contributed by atoms with Crippen LogP contribution in [0.5, 0.6) is 0 Å². The van der Waals surface area contributed by atoms with Crippen LogP contribution in [-0.2, 0) is 17.6 Å². The number of nitrogens with zero attached hydrogens (tertiary/aromatic N) is 1. The Morgan fingerprint density at radius 1 is 1.59 bits per heavy atom. The van der Waals surface area contributed by atoms with Crippen molar-refractivity contribution in [3.8, 4) is 0 Å². The maximum atomic E-state index is 11.0. The average Bonchev–Trinajstić information content (AvgIpc) is 2.73. The summed E-state index contributed by atoms with van der Waals surface area (Å²) >= 11 is 1.30. The van der Waals surface area contributed by atoms with E-state index in [2.05, 4.69) is 4.98 Å². The van der Waals surface area contributed by atoms with Crippen molar-refractivity contribution < 1.29 is 14.6 Å². The van der Waals surface area contributed by atoms with E-state index in [-0.39, 0.29) is 6.10 Å². The summed E-state index contributed by atoms with van der Waals surface area (Å²) in [6.07, 6.45) is 5.04. The van der Waals surface area contributed by atoms with E-state index < -0.39 is 5.97 Å². The van der Waals surface area contributed by atoms with Crippen LogP contribution in [0.1, 0.15) is 46.6 Å². The molecule has 0 amide bonds. The summed E-state index contributed by atoms with van der Waals surface area (Å²) < 4.78 is 5.64. The Morgan fingerprint density at radius 3 is 2.94 bits per heavy atom. The highest BCUT2D eigenvalue weighted by molar-refractivity contribution is 7.13. The van der Waals surface area contributed by atoms with Gasteiger partial charge in [-0.25, -0.2) is 9.78 Å². The Hall–Kier alpha value is -0.940. The lowest BCUT2D eigenvalue weighted by atomic mass is 10.1. The van der Waals surface area contributed by atoms with Crippen LogP contribution in [0.2, 0.25) is 0 Å². The summed E-state index contributed by atoms with van der Waals surface area (Å²) in [5, 5.41) is 9.95. The number of hydrogen-bond acceptors (Lipinski definition) is 4. The van der Waals surface area contributed by atoms with E-state index in [1.54, 1.807) is 0 Å². The molecule has 2 rings (SSSR count).